The van der Waals surface area contributed by atoms with Crippen LogP contribution in [-0.4, -0.2) is 20.1 Å². The van der Waals surface area contributed by atoms with Crippen molar-refractivity contribution in [3.05, 3.63) is 42.5 Å². The van der Waals surface area contributed by atoms with E-state index in [-0.39, 0.29) is 22.2 Å². The maximum Gasteiger partial charge on any atom is 0.264 e. The second-order valence-corrected chi connectivity index (χ2v) is 8.97. The van der Waals surface area contributed by atoms with Crippen LogP contribution in [0.15, 0.2) is 41.8 Å². The Morgan fingerprint density at radius 1 is 1.33 bits per heavy atom. The van der Waals surface area contributed by atoms with Crippen molar-refractivity contribution in [1.29, 1.82) is 0 Å². The van der Waals surface area contributed by atoms with Crippen molar-refractivity contribution in [2.45, 2.75) is 39.0 Å². The first-order valence-corrected chi connectivity index (χ1v) is 9.25. The van der Waals surface area contributed by atoms with Gasteiger partial charge in [-0.2, -0.15) is 0 Å². The van der Waals surface area contributed by atoms with Gasteiger partial charge < -0.3 is 0 Å². The number of amides is 1. The number of carbonyl (C=O) groups is 2. The molecule has 1 N–H and O–H groups in total. The summed E-state index contributed by atoms with van der Waals surface area (Å²) in [6.45, 7) is 10.8. The van der Waals surface area contributed by atoms with E-state index in [1.807, 2.05) is 20.8 Å². The molecule has 130 valence electrons. The number of hydrogen-bond donors (Lipinski definition) is 1. The number of carbonyl (C=O) groups excluding carboxylic acids is 2. The molecule has 0 spiro atoms. The fraction of sp³-hybridized carbons (Fsp3) is 0.444. The molecule has 24 heavy (non-hydrogen) atoms. The predicted molar refractivity (Wildman–Crippen MR) is 92.0 cm³/mol. The molecule has 1 aromatic carbocycles. The Kier molecular flexibility index (Phi) is 4.48. The number of ketones is 1. The van der Waals surface area contributed by atoms with Gasteiger partial charge in [0, 0.05) is 5.56 Å². The molecular formula is C18H23NO4S. The van der Waals surface area contributed by atoms with Gasteiger partial charge in [-0.15, -0.1) is 6.58 Å². The van der Waals surface area contributed by atoms with Crippen LogP contribution in [0.3, 0.4) is 0 Å². The summed E-state index contributed by atoms with van der Waals surface area (Å²) in [6.07, 6.45) is 2.28. The molecule has 0 aromatic heterocycles. The molecule has 6 heteroatoms. The highest BCUT2D eigenvalue weighted by atomic mass is 32.2. The van der Waals surface area contributed by atoms with Crippen molar-refractivity contribution in [3.63, 3.8) is 0 Å². The van der Waals surface area contributed by atoms with E-state index in [2.05, 4.69) is 11.3 Å². The quantitative estimate of drug-likeness (QED) is 0.655. The van der Waals surface area contributed by atoms with Crippen LogP contribution < -0.4 is 4.72 Å². The number of allylic oxidation sites excluding steroid dienone is 1. The van der Waals surface area contributed by atoms with Crippen molar-refractivity contribution in [3.8, 4) is 0 Å². The lowest BCUT2D eigenvalue weighted by molar-refractivity contribution is -0.128. The molecule has 1 aromatic rings. The first kappa shape index (κ1) is 18.4. The normalized spacial score (nSPS) is 23.4. The number of rotatable bonds is 5. The SMILES string of the molecule is C=C[C@@H]1C[C@@]1(C(=O)NS(=O)(=O)c1cccc(C(C)=O)c1)C(C)(C)C. The minimum atomic E-state index is -4.04. The molecule has 0 unspecified atom stereocenters. The summed E-state index contributed by atoms with van der Waals surface area (Å²) in [6, 6.07) is 5.66. The van der Waals surface area contributed by atoms with Crippen LogP contribution in [0.25, 0.3) is 0 Å². The maximum atomic E-state index is 12.7. The zero-order valence-corrected chi connectivity index (χ0v) is 15.2. The molecule has 1 amide bonds. The summed E-state index contributed by atoms with van der Waals surface area (Å²) in [4.78, 5) is 24.1. The van der Waals surface area contributed by atoms with Gasteiger partial charge in [0.05, 0.1) is 10.3 Å². The minimum Gasteiger partial charge on any atom is -0.295 e. The topological polar surface area (TPSA) is 80.3 Å². The van der Waals surface area contributed by atoms with Gasteiger partial charge in [0.15, 0.2) is 5.78 Å². The highest BCUT2D eigenvalue weighted by molar-refractivity contribution is 7.90. The molecule has 0 bridgehead atoms. The molecule has 1 saturated carbocycles. The van der Waals surface area contributed by atoms with Gasteiger partial charge in [-0.3, -0.25) is 9.59 Å². The molecule has 0 saturated heterocycles. The zero-order chi connectivity index (χ0) is 18.3. The lowest BCUT2D eigenvalue weighted by atomic mass is 9.75. The van der Waals surface area contributed by atoms with E-state index in [4.69, 9.17) is 0 Å². The third-order valence-electron chi connectivity index (χ3n) is 4.82. The van der Waals surface area contributed by atoms with E-state index in [9.17, 15) is 18.0 Å². The number of sulfonamides is 1. The Balaban J connectivity index is 2.33. The highest BCUT2D eigenvalue weighted by Crippen LogP contribution is 2.63. The number of hydrogen-bond acceptors (Lipinski definition) is 4. The average Bonchev–Trinajstić information content (AvgIpc) is 3.22. The number of benzene rings is 1. The summed E-state index contributed by atoms with van der Waals surface area (Å²) in [7, 11) is -4.04. The lowest BCUT2D eigenvalue weighted by Gasteiger charge is -2.30. The molecule has 2 rings (SSSR count). The Morgan fingerprint density at radius 2 is 1.96 bits per heavy atom. The first-order chi connectivity index (χ1) is 11.0. The van der Waals surface area contributed by atoms with Gasteiger partial charge in [0.25, 0.3) is 10.0 Å². The van der Waals surface area contributed by atoms with Crippen molar-refractivity contribution < 1.29 is 18.0 Å². The molecule has 5 nitrogen and oxygen atoms in total. The summed E-state index contributed by atoms with van der Waals surface area (Å²) in [5, 5.41) is 0. The van der Waals surface area contributed by atoms with E-state index < -0.39 is 26.8 Å². The van der Waals surface area contributed by atoms with Crippen LogP contribution >= 0.6 is 0 Å². The van der Waals surface area contributed by atoms with E-state index >= 15 is 0 Å². The van der Waals surface area contributed by atoms with E-state index in [1.54, 1.807) is 6.08 Å². The van der Waals surface area contributed by atoms with Gasteiger partial charge in [-0.05, 0) is 36.8 Å². The molecule has 1 aliphatic carbocycles. The van der Waals surface area contributed by atoms with Gasteiger partial charge in [0.2, 0.25) is 5.91 Å². The molecule has 1 fully saturated rings. The molecular weight excluding hydrogens is 326 g/mol. The van der Waals surface area contributed by atoms with Crippen LogP contribution in [0.2, 0.25) is 0 Å². The van der Waals surface area contributed by atoms with Crippen LogP contribution in [-0.2, 0) is 14.8 Å². The van der Waals surface area contributed by atoms with E-state index in [0.29, 0.717) is 6.42 Å². The van der Waals surface area contributed by atoms with Crippen LogP contribution in [0.1, 0.15) is 44.5 Å². The number of nitrogens with one attached hydrogen (secondary N) is 1. The summed E-state index contributed by atoms with van der Waals surface area (Å²) in [5.41, 5.74) is -0.890. The van der Waals surface area contributed by atoms with Gasteiger partial charge in [-0.1, -0.05) is 39.0 Å². The Morgan fingerprint density at radius 3 is 2.42 bits per heavy atom. The molecule has 1 aliphatic rings. The summed E-state index contributed by atoms with van der Waals surface area (Å²) < 4.78 is 27.3. The fourth-order valence-electron chi connectivity index (χ4n) is 3.19. The second-order valence-electron chi connectivity index (χ2n) is 7.29. The second kappa shape index (κ2) is 5.84. The zero-order valence-electron chi connectivity index (χ0n) is 14.4. The standard InChI is InChI=1S/C18H23NO4S/c1-6-14-11-18(14,17(3,4)5)16(21)19-24(22,23)15-9-7-8-13(10-15)12(2)20/h6-10,14H,1,11H2,2-5H3,(H,19,21)/t14-,18-/m1/s1. The Bertz CT molecular complexity index is 805. The van der Waals surface area contributed by atoms with Crippen LogP contribution in [0, 0.1) is 16.7 Å². The molecule has 0 aliphatic heterocycles. The third-order valence-corrected chi connectivity index (χ3v) is 6.15. The summed E-state index contributed by atoms with van der Waals surface area (Å²) >= 11 is 0. The third kappa shape index (κ3) is 3.02. The minimum absolute atomic E-state index is 0.0451. The maximum absolute atomic E-state index is 12.7. The largest absolute Gasteiger partial charge is 0.295 e. The van der Waals surface area contributed by atoms with Crippen molar-refractivity contribution in [1.82, 2.24) is 4.72 Å². The molecule has 0 radical (unpaired) electrons. The monoisotopic (exact) mass is 349 g/mol. The van der Waals surface area contributed by atoms with Gasteiger partial charge in [0.1, 0.15) is 0 Å². The van der Waals surface area contributed by atoms with Crippen LogP contribution in [0.5, 0.6) is 0 Å². The number of Topliss-reactive ketones (excluding diaryl/α,β-unsaturated/α-hetero) is 1. The smallest absolute Gasteiger partial charge is 0.264 e. The first-order valence-electron chi connectivity index (χ1n) is 7.76. The van der Waals surface area contributed by atoms with Crippen molar-refractivity contribution >= 4 is 21.7 Å². The van der Waals surface area contributed by atoms with E-state index in [0.717, 1.165) is 0 Å². The molecule has 0 heterocycles. The van der Waals surface area contributed by atoms with Gasteiger partial charge >= 0.3 is 0 Å². The van der Waals surface area contributed by atoms with Crippen molar-refractivity contribution in [2.24, 2.45) is 16.7 Å². The fourth-order valence-corrected chi connectivity index (χ4v) is 4.27. The average molecular weight is 349 g/mol. The van der Waals surface area contributed by atoms with Gasteiger partial charge in [-0.25, -0.2) is 13.1 Å². The van der Waals surface area contributed by atoms with Crippen molar-refractivity contribution in [2.75, 3.05) is 0 Å². The van der Waals surface area contributed by atoms with E-state index in [1.165, 1.54) is 31.2 Å². The highest BCUT2D eigenvalue weighted by Gasteiger charge is 2.65. The lowest BCUT2D eigenvalue weighted by Crippen LogP contribution is -2.43. The van der Waals surface area contributed by atoms with Crippen LogP contribution in [0.4, 0.5) is 0 Å². The Labute approximate surface area is 143 Å². The summed E-state index contributed by atoms with van der Waals surface area (Å²) in [5.74, 6) is -0.803. The Hall–Kier alpha value is -1.95. The molecule has 2 atom stereocenters. The predicted octanol–water partition coefficient (Wildman–Crippen LogP) is 2.93.